The fourth-order valence-electron chi connectivity index (χ4n) is 9.30. The molecule has 0 N–H and O–H groups in total. The van der Waals surface area contributed by atoms with Crippen LogP contribution in [0.4, 0.5) is 0 Å². The number of ether oxygens (including phenoxy) is 3. The first-order valence-electron chi connectivity index (χ1n) is 30.8. The summed E-state index contributed by atoms with van der Waals surface area (Å²) in [5, 5.41) is 0. The van der Waals surface area contributed by atoms with E-state index < -0.39 is 6.10 Å². The Morgan fingerprint density at radius 2 is 0.522 bits per heavy atom. The van der Waals surface area contributed by atoms with Crippen LogP contribution in [0.25, 0.3) is 0 Å². The first-order valence-corrected chi connectivity index (χ1v) is 30.8. The van der Waals surface area contributed by atoms with Crippen molar-refractivity contribution in [3.05, 3.63) is 24.3 Å². The lowest BCUT2D eigenvalue weighted by Crippen LogP contribution is -2.30. The van der Waals surface area contributed by atoms with Gasteiger partial charge in [0.05, 0.1) is 0 Å². The topological polar surface area (TPSA) is 78.9 Å². The second kappa shape index (κ2) is 58.5. The Hall–Kier alpha value is -2.11. The van der Waals surface area contributed by atoms with E-state index in [1.54, 1.807) is 0 Å². The van der Waals surface area contributed by atoms with Gasteiger partial charge >= 0.3 is 17.9 Å². The SMILES string of the molecule is CCCCCCC/C=C\C/C=C\CCCCCCCCCCCCCCCC(=O)OCC(COC(=O)CCCCCCCCCC)OC(=O)CCCCCCCCCCCCCCCCCCCC. The highest BCUT2D eigenvalue weighted by atomic mass is 16.6. The molecule has 0 fully saturated rings. The molecule has 0 aliphatic heterocycles. The van der Waals surface area contributed by atoms with Gasteiger partial charge in [-0.15, -0.1) is 0 Å². The van der Waals surface area contributed by atoms with Gasteiger partial charge in [-0.2, -0.15) is 0 Å². The van der Waals surface area contributed by atoms with E-state index in [4.69, 9.17) is 14.2 Å². The van der Waals surface area contributed by atoms with Gasteiger partial charge in [0.15, 0.2) is 6.10 Å². The van der Waals surface area contributed by atoms with Gasteiger partial charge in [0.1, 0.15) is 13.2 Å². The van der Waals surface area contributed by atoms with E-state index in [0.29, 0.717) is 19.3 Å². The van der Waals surface area contributed by atoms with Gasteiger partial charge in [0, 0.05) is 19.3 Å². The molecule has 0 aromatic rings. The molecular weight excluding hydrogens is 853 g/mol. The fraction of sp³-hybridized carbons (Fsp3) is 0.889. The number of rotatable bonds is 57. The normalized spacial score (nSPS) is 12.1. The summed E-state index contributed by atoms with van der Waals surface area (Å²) in [4.78, 5) is 38.1. The van der Waals surface area contributed by atoms with Crippen LogP contribution in [0.1, 0.15) is 342 Å². The number of carbonyl (C=O) groups excluding carboxylic acids is 3. The van der Waals surface area contributed by atoms with Crippen LogP contribution in [-0.2, 0) is 28.6 Å². The molecule has 406 valence electrons. The highest BCUT2D eigenvalue weighted by Crippen LogP contribution is 2.17. The Balaban J connectivity index is 4.12. The molecule has 0 bridgehead atoms. The molecular formula is C63H118O6. The lowest BCUT2D eigenvalue weighted by molar-refractivity contribution is -0.167. The number of esters is 3. The summed E-state index contributed by atoms with van der Waals surface area (Å²) in [6, 6.07) is 0. The second-order valence-electron chi connectivity index (χ2n) is 21.0. The summed E-state index contributed by atoms with van der Waals surface area (Å²) in [5.41, 5.74) is 0. The zero-order valence-electron chi connectivity index (χ0n) is 46.6. The molecule has 0 heterocycles. The Morgan fingerprint density at radius 1 is 0.290 bits per heavy atom. The standard InChI is InChI=1S/C63H118O6/c1-4-7-10-13-16-19-21-23-25-27-29-30-31-32-33-34-35-37-38-40-42-44-47-50-53-56-62(65)68-59-60(58-67-61(64)55-52-49-46-18-15-12-9-6-3)69-63(66)57-54-51-48-45-43-41-39-36-28-26-24-22-20-17-14-11-8-5-2/h21,23,27,29,60H,4-20,22,24-26,28,30-59H2,1-3H3/b23-21-,29-27-. The van der Waals surface area contributed by atoms with Gasteiger partial charge in [-0.1, -0.05) is 295 Å². The smallest absolute Gasteiger partial charge is 0.306 e. The molecule has 0 aromatic carbocycles. The van der Waals surface area contributed by atoms with E-state index in [-0.39, 0.29) is 31.1 Å². The van der Waals surface area contributed by atoms with Crippen molar-refractivity contribution < 1.29 is 28.6 Å². The highest BCUT2D eigenvalue weighted by Gasteiger charge is 2.19. The quantitative estimate of drug-likeness (QED) is 0.0261. The predicted molar refractivity (Wildman–Crippen MR) is 298 cm³/mol. The van der Waals surface area contributed by atoms with E-state index in [1.165, 1.54) is 238 Å². The molecule has 0 aromatic heterocycles. The number of hydrogen-bond donors (Lipinski definition) is 0. The number of hydrogen-bond acceptors (Lipinski definition) is 6. The van der Waals surface area contributed by atoms with Crippen LogP contribution in [0, 0.1) is 0 Å². The second-order valence-corrected chi connectivity index (χ2v) is 21.0. The third-order valence-electron chi connectivity index (χ3n) is 14.0. The molecule has 0 aliphatic rings. The third-order valence-corrected chi connectivity index (χ3v) is 14.0. The van der Waals surface area contributed by atoms with Crippen molar-refractivity contribution in [1.82, 2.24) is 0 Å². The van der Waals surface area contributed by atoms with Crippen LogP contribution < -0.4 is 0 Å². The molecule has 0 spiro atoms. The van der Waals surface area contributed by atoms with Crippen molar-refractivity contribution in [2.45, 2.75) is 348 Å². The van der Waals surface area contributed by atoms with Crippen molar-refractivity contribution >= 4 is 17.9 Å². The Morgan fingerprint density at radius 3 is 0.797 bits per heavy atom. The maximum atomic E-state index is 12.8. The summed E-state index contributed by atoms with van der Waals surface area (Å²) in [6.07, 6.45) is 69.1. The van der Waals surface area contributed by atoms with Gasteiger partial charge < -0.3 is 14.2 Å². The minimum absolute atomic E-state index is 0.0658. The average molecular weight is 972 g/mol. The van der Waals surface area contributed by atoms with Crippen LogP contribution in [0.15, 0.2) is 24.3 Å². The molecule has 69 heavy (non-hydrogen) atoms. The van der Waals surface area contributed by atoms with E-state index in [1.807, 2.05) is 0 Å². The van der Waals surface area contributed by atoms with Gasteiger partial charge in [-0.05, 0) is 51.4 Å². The van der Waals surface area contributed by atoms with Crippen LogP contribution >= 0.6 is 0 Å². The van der Waals surface area contributed by atoms with Crippen LogP contribution in [0.5, 0.6) is 0 Å². The molecule has 0 saturated carbocycles. The lowest BCUT2D eigenvalue weighted by Gasteiger charge is -2.18. The third kappa shape index (κ3) is 56.7. The highest BCUT2D eigenvalue weighted by molar-refractivity contribution is 5.71. The van der Waals surface area contributed by atoms with Crippen LogP contribution in [-0.4, -0.2) is 37.2 Å². The largest absolute Gasteiger partial charge is 0.462 e. The van der Waals surface area contributed by atoms with Crippen molar-refractivity contribution in [3.63, 3.8) is 0 Å². The molecule has 6 heteroatoms. The molecule has 0 radical (unpaired) electrons. The molecule has 0 amide bonds. The zero-order valence-corrected chi connectivity index (χ0v) is 46.6. The van der Waals surface area contributed by atoms with E-state index in [0.717, 1.165) is 64.2 Å². The van der Waals surface area contributed by atoms with Crippen molar-refractivity contribution in [2.75, 3.05) is 13.2 Å². The molecule has 1 unspecified atom stereocenters. The Labute approximate surface area is 430 Å². The predicted octanol–water partition coefficient (Wildman–Crippen LogP) is 20.7. The number of carbonyl (C=O) groups is 3. The van der Waals surface area contributed by atoms with Crippen molar-refractivity contribution in [3.8, 4) is 0 Å². The minimum atomic E-state index is -0.765. The molecule has 0 saturated heterocycles. The molecule has 1 atom stereocenters. The lowest BCUT2D eigenvalue weighted by atomic mass is 10.0. The molecule has 0 rings (SSSR count). The number of allylic oxidation sites excluding steroid dienone is 4. The van der Waals surface area contributed by atoms with Gasteiger partial charge in [0.2, 0.25) is 0 Å². The van der Waals surface area contributed by atoms with Crippen molar-refractivity contribution in [2.24, 2.45) is 0 Å². The summed E-state index contributed by atoms with van der Waals surface area (Å²) in [7, 11) is 0. The first kappa shape index (κ1) is 66.9. The fourth-order valence-corrected chi connectivity index (χ4v) is 9.30. The minimum Gasteiger partial charge on any atom is -0.462 e. The summed E-state index contributed by atoms with van der Waals surface area (Å²) in [5.74, 6) is -0.848. The van der Waals surface area contributed by atoms with Crippen molar-refractivity contribution in [1.29, 1.82) is 0 Å². The maximum Gasteiger partial charge on any atom is 0.306 e. The van der Waals surface area contributed by atoms with Gasteiger partial charge in [-0.3, -0.25) is 14.4 Å². The molecule has 6 nitrogen and oxygen atoms in total. The number of unbranched alkanes of at least 4 members (excludes halogenated alkanes) is 42. The van der Waals surface area contributed by atoms with Crippen LogP contribution in [0.2, 0.25) is 0 Å². The maximum absolute atomic E-state index is 12.8. The van der Waals surface area contributed by atoms with E-state index in [2.05, 4.69) is 45.1 Å². The van der Waals surface area contributed by atoms with Gasteiger partial charge in [0.25, 0.3) is 0 Å². The Bertz CT molecular complexity index is 1110. The van der Waals surface area contributed by atoms with Gasteiger partial charge in [-0.25, -0.2) is 0 Å². The Kier molecular flexibility index (Phi) is 56.7. The monoisotopic (exact) mass is 971 g/mol. The molecule has 0 aliphatic carbocycles. The van der Waals surface area contributed by atoms with E-state index in [9.17, 15) is 14.4 Å². The summed E-state index contributed by atoms with van der Waals surface area (Å²) >= 11 is 0. The van der Waals surface area contributed by atoms with E-state index >= 15 is 0 Å². The average Bonchev–Trinajstić information content (AvgIpc) is 3.35. The summed E-state index contributed by atoms with van der Waals surface area (Å²) in [6.45, 7) is 6.66. The summed E-state index contributed by atoms with van der Waals surface area (Å²) < 4.78 is 16.9. The zero-order chi connectivity index (χ0) is 50.0. The first-order chi connectivity index (χ1) is 34.0. The van der Waals surface area contributed by atoms with Crippen LogP contribution in [0.3, 0.4) is 0 Å².